The second kappa shape index (κ2) is 11.0. The van der Waals surface area contributed by atoms with E-state index < -0.39 is 0 Å². The summed E-state index contributed by atoms with van der Waals surface area (Å²) in [5.41, 5.74) is 7.24. The lowest BCUT2D eigenvalue weighted by Crippen LogP contribution is -2.44. The van der Waals surface area contributed by atoms with Crippen molar-refractivity contribution in [1.82, 2.24) is 20.1 Å². The molecule has 6 nitrogen and oxygen atoms in total. The SMILES string of the molecule is N#Cc1ccc(CN2CCC(NC(=O)c3ccc4[nH]c5c(c4c3)CN(Cc3ccc(F)cc3)CC5)CC2)cc1. The number of benzene rings is 3. The minimum atomic E-state index is -0.212. The van der Waals surface area contributed by atoms with Crippen LogP contribution in [0.15, 0.2) is 66.7 Å². The number of nitrogens with zero attached hydrogens (tertiary/aromatic N) is 3. The Kier molecular flexibility index (Phi) is 7.14. The zero-order valence-corrected chi connectivity index (χ0v) is 21.9. The van der Waals surface area contributed by atoms with E-state index in [2.05, 4.69) is 26.2 Å². The Labute approximate surface area is 228 Å². The Morgan fingerprint density at radius 3 is 2.36 bits per heavy atom. The lowest BCUT2D eigenvalue weighted by atomic mass is 10.0. The van der Waals surface area contributed by atoms with Gasteiger partial charge in [-0.2, -0.15) is 5.26 Å². The molecule has 4 aromatic rings. The number of piperidine rings is 1. The number of H-pyrrole nitrogens is 1. The second-order valence-corrected chi connectivity index (χ2v) is 10.8. The lowest BCUT2D eigenvalue weighted by molar-refractivity contribution is 0.0909. The first kappa shape index (κ1) is 25.3. The zero-order chi connectivity index (χ0) is 26.8. The average molecular weight is 522 g/mol. The lowest BCUT2D eigenvalue weighted by Gasteiger charge is -2.32. The highest BCUT2D eigenvalue weighted by molar-refractivity contribution is 5.99. The van der Waals surface area contributed by atoms with Crippen molar-refractivity contribution in [2.24, 2.45) is 0 Å². The summed E-state index contributed by atoms with van der Waals surface area (Å²) in [6, 6.07) is 22.8. The van der Waals surface area contributed by atoms with E-state index in [-0.39, 0.29) is 17.8 Å². The quantitative estimate of drug-likeness (QED) is 0.369. The molecule has 198 valence electrons. The van der Waals surface area contributed by atoms with Crippen LogP contribution in [0.25, 0.3) is 10.9 Å². The molecule has 39 heavy (non-hydrogen) atoms. The van der Waals surface area contributed by atoms with Gasteiger partial charge in [-0.05, 0) is 72.0 Å². The van der Waals surface area contributed by atoms with Gasteiger partial charge in [-0.15, -0.1) is 0 Å². The molecule has 2 aliphatic heterocycles. The molecule has 7 heteroatoms. The third-order valence-corrected chi connectivity index (χ3v) is 8.05. The highest BCUT2D eigenvalue weighted by atomic mass is 19.1. The smallest absolute Gasteiger partial charge is 0.251 e. The Hall–Kier alpha value is -3.99. The maximum atomic E-state index is 13.3. The van der Waals surface area contributed by atoms with Crippen LogP contribution in [0.1, 0.15) is 51.1 Å². The molecule has 0 unspecified atom stereocenters. The number of hydrogen-bond donors (Lipinski definition) is 2. The van der Waals surface area contributed by atoms with E-state index in [0.717, 1.165) is 75.0 Å². The predicted octanol–water partition coefficient (Wildman–Crippen LogP) is 5.13. The summed E-state index contributed by atoms with van der Waals surface area (Å²) in [7, 11) is 0. The van der Waals surface area contributed by atoms with Gasteiger partial charge in [-0.3, -0.25) is 14.6 Å². The standard InChI is InChI=1S/C32H32FN5O/c33-26-8-5-24(6-9-26)20-38-16-13-31-29(21-38)28-17-25(7-10-30(28)36-31)32(39)35-27-11-14-37(15-12-27)19-23-3-1-22(18-34)2-4-23/h1-10,17,27,36H,11-16,19-21H2,(H,35,39). The molecule has 6 rings (SSSR count). The zero-order valence-electron chi connectivity index (χ0n) is 21.9. The van der Waals surface area contributed by atoms with Gasteiger partial charge in [-0.1, -0.05) is 24.3 Å². The second-order valence-electron chi connectivity index (χ2n) is 10.8. The molecule has 1 aromatic heterocycles. The van der Waals surface area contributed by atoms with Gasteiger partial charge in [0.1, 0.15) is 5.82 Å². The number of nitriles is 1. The van der Waals surface area contributed by atoms with Crippen LogP contribution in [0.2, 0.25) is 0 Å². The first-order chi connectivity index (χ1) is 19.0. The number of halogens is 1. The number of carbonyl (C=O) groups excluding carboxylic acids is 1. The number of amides is 1. The topological polar surface area (TPSA) is 75.2 Å². The fourth-order valence-electron chi connectivity index (χ4n) is 5.84. The third-order valence-electron chi connectivity index (χ3n) is 8.05. The average Bonchev–Trinajstić information content (AvgIpc) is 3.33. The van der Waals surface area contributed by atoms with Crippen LogP contribution < -0.4 is 5.32 Å². The van der Waals surface area contributed by atoms with E-state index in [1.165, 1.54) is 29.0 Å². The van der Waals surface area contributed by atoms with Crippen molar-refractivity contribution in [1.29, 1.82) is 5.26 Å². The summed E-state index contributed by atoms with van der Waals surface area (Å²) >= 11 is 0. The first-order valence-corrected chi connectivity index (χ1v) is 13.7. The number of rotatable bonds is 6. The van der Waals surface area contributed by atoms with Crippen LogP contribution in [-0.2, 0) is 26.1 Å². The van der Waals surface area contributed by atoms with E-state index in [1.807, 2.05) is 54.6 Å². The number of hydrogen-bond acceptors (Lipinski definition) is 4. The molecule has 0 atom stereocenters. The van der Waals surface area contributed by atoms with E-state index in [1.54, 1.807) is 0 Å². The molecule has 3 heterocycles. The van der Waals surface area contributed by atoms with E-state index >= 15 is 0 Å². The summed E-state index contributed by atoms with van der Waals surface area (Å²) in [6.45, 7) is 5.23. The first-order valence-electron chi connectivity index (χ1n) is 13.7. The molecule has 0 saturated carbocycles. The molecule has 0 bridgehead atoms. The molecule has 1 fully saturated rings. The summed E-state index contributed by atoms with van der Waals surface area (Å²) in [5, 5.41) is 13.4. The summed E-state index contributed by atoms with van der Waals surface area (Å²) < 4.78 is 13.3. The van der Waals surface area contributed by atoms with Crippen LogP contribution in [0, 0.1) is 17.1 Å². The van der Waals surface area contributed by atoms with Gasteiger partial charge in [0.15, 0.2) is 0 Å². The van der Waals surface area contributed by atoms with Gasteiger partial charge >= 0.3 is 0 Å². The molecule has 1 saturated heterocycles. The number of fused-ring (bicyclic) bond motifs is 3. The number of aromatic nitrogens is 1. The van der Waals surface area contributed by atoms with Crippen LogP contribution in [-0.4, -0.2) is 46.4 Å². The summed E-state index contributed by atoms with van der Waals surface area (Å²) in [4.78, 5) is 21.5. The van der Waals surface area contributed by atoms with E-state index in [9.17, 15) is 9.18 Å². The van der Waals surface area contributed by atoms with Gasteiger partial charge in [-0.25, -0.2) is 4.39 Å². The van der Waals surface area contributed by atoms with Gasteiger partial charge in [0.2, 0.25) is 0 Å². The molecule has 1 amide bonds. The van der Waals surface area contributed by atoms with Gasteiger partial charge in [0.25, 0.3) is 5.91 Å². The Balaban J connectivity index is 1.07. The number of likely N-dealkylation sites (tertiary alicyclic amines) is 1. The maximum absolute atomic E-state index is 13.3. The van der Waals surface area contributed by atoms with Crippen molar-refractivity contribution in [3.63, 3.8) is 0 Å². The minimum absolute atomic E-state index is 0.0172. The highest BCUT2D eigenvalue weighted by Gasteiger charge is 2.24. The van der Waals surface area contributed by atoms with Crippen LogP contribution in [0.4, 0.5) is 4.39 Å². The molecule has 0 aliphatic carbocycles. The minimum Gasteiger partial charge on any atom is -0.358 e. The summed E-state index contributed by atoms with van der Waals surface area (Å²) in [5.74, 6) is -0.230. The van der Waals surface area contributed by atoms with Crippen molar-refractivity contribution in [3.8, 4) is 6.07 Å². The molecular weight excluding hydrogens is 489 g/mol. The largest absolute Gasteiger partial charge is 0.358 e. The van der Waals surface area contributed by atoms with Crippen LogP contribution in [0.3, 0.4) is 0 Å². The Morgan fingerprint density at radius 2 is 1.64 bits per heavy atom. The molecule has 0 spiro atoms. The van der Waals surface area contributed by atoms with Crippen molar-refractivity contribution < 1.29 is 9.18 Å². The van der Waals surface area contributed by atoms with Gasteiger partial charge in [0, 0.05) is 73.9 Å². The molecule has 0 radical (unpaired) electrons. The monoisotopic (exact) mass is 521 g/mol. The Morgan fingerprint density at radius 1 is 0.949 bits per heavy atom. The van der Waals surface area contributed by atoms with E-state index in [4.69, 9.17) is 5.26 Å². The number of nitrogens with one attached hydrogen (secondary N) is 2. The highest BCUT2D eigenvalue weighted by Crippen LogP contribution is 2.29. The number of carbonyl (C=O) groups is 1. The maximum Gasteiger partial charge on any atom is 0.251 e. The Bertz CT molecular complexity index is 1510. The predicted molar refractivity (Wildman–Crippen MR) is 149 cm³/mol. The van der Waals surface area contributed by atoms with Gasteiger partial charge < -0.3 is 10.3 Å². The third kappa shape index (κ3) is 5.73. The fourth-order valence-corrected chi connectivity index (χ4v) is 5.84. The number of aromatic amines is 1. The van der Waals surface area contributed by atoms with Crippen molar-refractivity contribution in [2.45, 2.75) is 44.9 Å². The van der Waals surface area contributed by atoms with Crippen molar-refractivity contribution >= 4 is 16.8 Å². The normalized spacial score (nSPS) is 16.6. The fraction of sp³-hybridized carbons (Fsp3) is 0.312. The molecular formula is C32H32FN5O. The van der Waals surface area contributed by atoms with Crippen LogP contribution >= 0.6 is 0 Å². The molecule has 2 N–H and O–H groups in total. The van der Waals surface area contributed by atoms with E-state index in [0.29, 0.717) is 11.1 Å². The summed E-state index contributed by atoms with van der Waals surface area (Å²) in [6.07, 6.45) is 2.76. The van der Waals surface area contributed by atoms with Crippen LogP contribution in [0.5, 0.6) is 0 Å². The van der Waals surface area contributed by atoms with Crippen molar-refractivity contribution in [3.05, 3.63) is 106 Å². The molecule has 3 aromatic carbocycles. The molecule has 2 aliphatic rings. The van der Waals surface area contributed by atoms with Crippen molar-refractivity contribution in [2.75, 3.05) is 19.6 Å². The van der Waals surface area contributed by atoms with Gasteiger partial charge in [0.05, 0.1) is 11.6 Å².